The summed E-state index contributed by atoms with van der Waals surface area (Å²) in [5.41, 5.74) is 5.42. The van der Waals surface area contributed by atoms with Crippen LogP contribution in [0.3, 0.4) is 0 Å². The molecule has 0 saturated carbocycles. The fraction of sp³-hybridized carbons (Fsp3) is 0.385. The number of hydrogen-bond donors (Lipinski definition) is 1. The van der Waals surface area contributed by atoms with Crippen LogP contribution in [0.5, 0.6) is 11.5 Å². The lowest BCUT2D eigenvalue weighted by Crippen LogP contribution is -2.45. The third-order valence-electron chi connectivity index (χ3n) is 2.85. The lowest BCUT2D eigenvalue weighted by Gasteiger charge is -2.28. The van der Waals surface area contributed by atoms with Crippen molar-refractivity contribution in [3.63, 3.8) is 0 Å². The monoisotopic (exact) mass is 280 g/mol. The van der Waals surface area contributed by atoms with E-state index in [1.165, 1.54) is 0 Å². The second-order valence-electron chi connectivity index (χ2n) is 4.34. The molecule has 0 radical (unpaired) electrons. The van der Waals surface area contributed by atoms with E-state index < -0.39 is 6.10 Å². The average molecular weight is 280 g/mol. The number of carbonyl (C=O) groups is 1. The maximum atomic E-state index is 12.2. The second-order valence-corrected chi connectivity index (χ2v) is 4.86. The van der Waals surface area contributed by atoms with Crippen LogP contribution in [-0.2, 0) is 4.79 Å². The van der Waals surface area contributed by atoms with Crippen LogP contribution < -0.4 is 15.2 Å². The van der Waals surface area contributed by atoms with Crippen LogP contribution in [0.15, 0.2) is 24.3 Å². The molecule has 5 nitrogen and oxygen atoms in total. The predicted molar refractivity (Wildman–Crippen MR) is 75.4 cm³/mol. The standard InChI is InChI=1S/C13H16N2O3S/c1-15(7-6-12(14)19)13(16)11-8-17-9-4-2-3-5-10(9)18-11/h2-5,11H,6-8H2,1H3,(H2,14,19). The number of likely N-dealkylation sites (N-methyl/N-ethyl adjacent to an activating group) is 1. The SMILES string of the molecule is CN(CCC(N)=S)C(=O)C1COc2ccccc2O1. The van der Waals surface area contributed by atoms with Gasteiger partial charge < -0.3 is 20.1 Å². The van der Waals surface area contributed by atoms with E-state index in [0.717, 1.165) is 0 Å². The number of nitrogens with zero attached hydrogens (tertiary/aromatic N) is 1. The van der Waals surface area contributed by atoms with Gasteiger partial charge in [0.2, 0.25) is 6.10 Å². The maximum absolute atomic E-state index is 12.2. The van der Waals surface area contributed by atoms with Crippen LogP contribution >= 0.6 is 12.2 Å². The van der Waals surface area contributed by atoms with Gasteiger partial charge in [0, 0.05) is 20.0 Å². The molecular formula is C13H16N2O3S. The summed E-state index contributed by atoms with van der Waals surface area (Å²) in [5, 5.41) is 0. The summed E-state index contributed by atoms with van der Waals surface area (Å²) in [7, 11) is 1.70. The molecule has 1 aromatic rings. The highest BCUT2D eigenvalue weighted by Crippen LogP contribution is 2.31. The third kappa shape index (κ3) is 3.35. The van der Waals surface area contributed by atoms with Gasteiger partial charge in [0.1, 0.15) is 6.61 Å². The van der Waals surface area contributed by atoms with Crippen molar-refractivity contribution in [2.45, 2.75) is 12.5 Å². The van der Waals surface area contributed by atoms with Crippen molar-refractivity contribution >= 4 is 23.1 Å². The van der Waals surface area contributed by atoms with E-state index in [1.807, 2.05) is 18.2 Å². The Morgan fingerprint density at radius 1 is 1.47 bits per heavy atom. The van der Waals surface area contributed by atoms with E-state index in [9.17, 15) is 4.79 Å². The molecule has 1 amide bonds. The number of fused-ring (bicyclic) bond motifs is 1. The van der Waals surface area contributed by atoms with Crippen molar-refractivity contribution in [1.29, 1.82) is 0 Å². The molecule has 0 bridgehead atoms. The van der Waals surface area contributed by atoms with E-state index >= 15 is 0 Å². The lowest BCUT2D eigenvalue weighted by molar-refractivity contribution is -0.139. The molecule has 1 aliphatic rings. The Labute approximate surface area is 117 Å². The van der Waals surface area contributed by atoms with Gasteiger partial charge in [0.15, 0.2) is 11.5 Å². The van der Waals surface area contributed by atoms with Gasteiger partial charge in [0.25, 0.3) is 5.91 Å². The highest BCUT2D eigenvalue weighted by atomic mass is 32.1. The number of hydrogen-bond acceptors (Lipinski definition) is 4. The number of nitrogens with two attached hydrogens (primary N) is 1. The van der Waals surface area contributed by atoms with Crippen molar-refractivity contribution in [1.82, 2.24) is 4.90 Å². The highest BCUT2D eigenvalue weighted by molar-refractivity contribution is 7.80. The van der Waals surface area contributed by atoms with Crippen molar-refractivity contribution in [2.75, 3.05) is 20.2 Å². The predicted octanol–water partition coefficient (Wildman–Crippen LogP) is 0.961. The summed E-state index contributed by atoms with van der Waals surface area (Å²) in [6, 6.07) is 7.29. The molecule has 0 spiro atoms. The molecule has 1 unspecified atom stereocenters. The smallest absolute Gasteiger partial charge is 0.267 e. The Balaban J connectivity index is 1.96. The van der Waals surface area contributed by atoms with E-state index in [2.05, 4.69) is 0 Å². The Hall–Kier alpha value is -1.82. The van der Waals surface area contributed by atoms with Crippen molar-refractivity contribution in [2.24, 2.45) is 5.73 Å². The first-order valence-electron chi connectivity index (χ1n) is 5.99. The van der Waals surface area contributed by atoms with Crippen molar-refractivity contribution in [3.05, 3.63) is 24.3 Å². The molecule has 0 fully saturated rings. The van der Waals surface area contributed by atoms with Crippen molar-refractivity contribution < 1.29 is 14.3 Å². The van der Waals surface area contributed by atoms with Crippen LogP contribution in [0, 0.1) is 0 Å². The van der Waals surface area contributed by atoms with Crippen LogP contribution in [0.25, 0.3) is 0 Å². The average Bonchev–Trinajstić information content (AvgIpc) is 2.43. The highest BCUT2D eigenvalue weighted by Gasteiger charge is 2.29. The largest absolute Gasteiger partial charge is 0.485 e. The fourth-order valence-electron chi connectivity index (χ4n) is 1.78. The first kappa shape index (κ1) is 13.6. The number of ether oxygens (including phenoxy) is 2. The van der Waals surface area contributed by atoms with Gasteiger partial charge in [-0.05, 0) is 12.1 Å². The summed E-state index contributed by atoms with van der Waals surface area (Å²) in [6.45, 7) is 0.697. The lowest BCUT2D eigenvalue weighted by atomic mass is 10.2. The molecule has 2 rings (SSSR count). The topological polar surface area (TPSA) is 64.8 Å². The summed E-state index contributed by atoms with van der Waals surface area (Å²) in [6.07, 6.45) is -0.117. The summed E-state index contributed by atoms with van der Waals surface area (Å²) >= 11 is 4.79. The van der Waals surface area contributed by atoms with Gasteiger partial charge in [-0.1, -0.05) is 24.4 Å². The molecule has 0 aliphatic carbocycles. The molecule has 0 aromatic heterocycles. The summed E-state index contributed by atoms with van der Waals surface area (Å²) in [4.78, 5) is 14.1. The molecule has 19 heavy (non-hydrogen) atoms. The van der Waals surface area contributed by atoms with Crippen LogP contribution in [0.2, 0.25) is 0 Å². The summed E-state index contributed by atoms with van der Waals surface area (Å²) < 4.78 is 11.2. The van der Waals surface area contributed by atoms with Gasteiger partial charge in [-0.15, -0.1) is 0 Å². The summed E-state index contributed by atoms with van der Waals surface area (Å²) in [5.74, 6) is 1.12. The zero-order valence-electron chi connectivity index (χ0n) is 10.7. The Morgan fingerprint density at radius 2 is 2.16 bits per heavy atom. The molecule has 102 valence electrons. The van der Waals surface area contributed by atoms with Gasteiger partial charge >= 0.3 is 0 Å². The Bertz CT molecular complexity index is 493. The minimum atomic E-state index is -0.619. The molecule has 6 heteroatoms. The minimum Gasteiger partial charge on any atom is -0.485 e. The number of para-hydroxylation sites is 2. The van der Waals surface area contributed by atoms with Crippen LogP contribution in [0.1, 0.15) is 6.42 Å². The van der Waals surface area contributed by atoms with E-state index in [4.69, 9.17) is 27.4 Å². The zero-order valence-corrected chi connectivity index (χ0v) is 11.5. The Morgan fingerprint density at radius 3 is 2.84 bits per heavy atom. The first-order valence-corrected chi connectivity index (χ1v) is 6.40. The molecule has 1 atom stereocenters. The van der Waals surface area contributed by atoms with Crippen molar-refractivity contribution in [3.8, 4) is 11.5 Å². The van der Waals surface area contributed by atoms with Gasteiger partial charge in [-0.2, -0.15) is 0 Å². The number of rotatable bonds is 4. The molecule has 1 aliphatic heterocycles. The third-order valence-corrected chi connectivity index (χ3v) is 3.06. The first-order chi connectivity index (χ1) is 9.08. The van der Waals surface area contributed by atoms with Crippen LogP contribution in [0.4, 0.5) is 0 Å². The normalized spacial score (nSPS) is 16.8. The molecule has 0 saturated heterocycles. The molecule has 1 heterocycles. The molecular weight excluding hydrogens is 264 g/mol. The molecule has 1 aromatic carbocycles. The number of benzene rings is 1. The maximum Gasteiger partial charge on any atom is 0.267 e. The number of amides is 1. The fourth-order valence-corrected chi connectivity index (χ4v) is 1.87. The molecule has 2 N–H and O–H groups in total. The van der Waals surface area contributed by atoms with Gasteiger partial charge in [-0.25, -0.2) is 0 Å². The number of thiocarbonyl (C=S) groups is 1. The number of carbonyl (C=O) groups excluding carboxylic acids is 1. The quantitative estimate of drug-likeness (QED) is 0.832. The second kappa shape index (κ2) is 5.88. The van der Waals surface area contributed by atoms with E-state index in [-0.39, 0.29) is 12.5 Å². The zero-order chi connectivity index (χ0) is 13.8. The van der Waals surface area contributed by atoms with E-state index in [0.29, 0.717) is 29.5 Å². The Kier molecular flexibility index (Phi) is 4.21. The minimum absolute atomic E-state index is 0.134. The van der Waals surface area contributed by atoms with E-state index in [1.54, 1.807) is 18.0 Å². The van der Waals surface area contributed by atoms with Gasteiger partial charge in [0.05, 0.1) is 4.99 Å². The van der Waals surface area contributed by atoms with Gasteiger partial charge in [-0.3, -0.25) is 4.79 Å². The van der Waals surface area contributed by atoms with Crippen LogP contribution in [-0.4, -0.2) is 42.1 Å².